The first-order valence-corrected chi connectivity index (χ1v) is 9.67. The van der Waals surface area contributed by atoms with Crippen LogP contribution >= 0.6 is 11.8 Å². The van der Waals surface area contributed by atoms with E-state index >= 15 is 0 Å². The average Bonchev–Trinajstić information content (AvgIpc) is 3.18. The molecular weight excluding hydrogens is 376 g/mol. The lowest BCUT2D eigenvalue weighted by atomic mass is 10.0. The summed E-state index contributed by atoms with van der Waals surface area (Å²) in [6.45, 7) is 3.95. The summed E-state index contributed by atoms with van der Waals surface area (Å²) < 4.78 is 16.3. The van der Waals surface area contributed by atoms with Crippen molar-refractivity contribution in [1.82, 2.24) is 10.2 Å². The molecule has 0 amide bonds. The molecule has 0 saturated heterocycles. The molecule has 0 aliphatic heterocycles. The fourth-order valence-corrected chi connectivity index (χ4v) is 3.66. The van der Waals surface area contributed by atoms with Gasteiger partial charge in [-0.1, -0.05) is 23.9 Å². The second kappa shape index (κ2) is 7.52. The molecule has 2 aromatic heterocycles. The van der Waals surface area contributed by atoms with Crippen molar-refractivity contribution >= 4 is 22.7 Å². The standard InChI is InChI=1S/C21H18N2O4S/c1-12-4-9-17-15(10-18(24)26-19(17)13(12)2)11-28-21-23-22-20(27-21)14-5-7-16(25-3)8-6-14/h4-10H,11H2,1-3H3. The van der Waals surface area contributed by atoms with Crippen LogP contribution in [0.2, 0.25) is 0 Å². The molecule has 142 valence electrons. The van der Waals surface area contributed by atoms with Crippen molar-refractivity contribution in [3.63, 3.8) is 0 Å². The molecule has 28 heavy (non-hydrogen) atoms. The van der Waals surface area contributed by atoms with E-state index in [1.807, 2.05) is 50.2 Å². The Balaban J connectivity index is 1.58. The second-order valence-corrected chi connectivity index (χ2v) is 7.29. The molecule has 0 bridgehead atoms. The summed E-state index contributed by atoms with van der Waals surface area (Å²) in [6.07, 6.45) is 0. The van der Waals surface area contributed by atoms with Gasteiger partial charge in [-0.05, 0) is 54.8 Å². The average molecular weight is 394 g/mol. The molecular formula is C21H18N2O4S. The number of hydrogen-bond donors (Lipinski definition) is 0. The van der Waals surface area contributed by atoms with Crippen molar-refractivity contribution in [3.05, 3.63) is 69.6 Å². The van der Waals surface area contributed by atoms with Gasteiger partial charge in [0.1, 0.15) is 11.3 Å². The normalized spacial score (nSPS) is 11.1. The number of thioether (sulfide) groups is 1. The molecule has 0 spiro atoms. The van der Waals surface area contributed by atoms with Crippen molar-refractivity contribution in [2.24, 2.45) is 0 Å². The number of hydrogen-bond acceptors (Lipinski definition) is 7. The number of aromatic nitrogens is 2. The van der Waals surface area contributed by atoms with Gasteiger partial charge in [0.2, 0.25) is 5.89 Å². The first-order valence-electron chi connectivity index (χ1n) is 8.69. The Morgan fingerprint density at radius 3 is 2.57 bits per heavy atom. The third-order valence-electron chi connectivity index (χ3n) is 4.61. The number of fused-ring (bicyclic) bond motifs is 1. The molecule has 0 saturated carbocycles. The van der Waals surface area contributed by atoms with E-state index in [0.29, 0.717) is 22.4 Å². The van der Waals surface area contributed by atoms with Gasteiger partial charge in [0.15, 0.2) is 0 Å². The van der Waals surface area contributed by atoms with Gasteiger partial charge in [0.25, 0.3) is 5.22 Å². The SMILES string of the molecule is COc1ccc(-c2nnc(SCc3cc(=O)oc4c(C)c(C)ccc34)o2)cc1. The van der Waals surface area contributed by atoms with Crippen molar-refractivity contribution in [1.29, 1.82) is 0 Å². The molecule has 0 atom stereocenters. The zero-order chi connectivity index (χ0) is 19.7. The van der Waals surface area contributed by atoms with E-state index in [-0.39, 0.29) is 5.63 Å². The zero-order valence-corrected chi connectivity index (χ0v) is 16.5. The van der Waals surface area contributed by atoms with Crippen LogP contribution in [-0.2, 0) is 5.75 Å². The van der Waals surface area contributed by atoms with Gasteiger partial charge in [0, 0.05) is 22.8 Å². The molecule has 0 aliphatic carbocycles. The van der Waals surface area contributed by atoms with E-state index < -0.39 is 0 Å². The molecule has 0 N–H and O–H groups in total. The third kappa shape index (κ3) is 3.53. The largest absolute Gasteiger partial charge is 0.497 e. The highest BCUT2D eigenvalue weighted by Gasteiger charge is 2.13. The van der Waals surface area contributed by atoms with Gasteiger partial charge in [-0.2, -0.15) is 0 Å². The lowest BCUT2D eigenvalue weighted by molar-refractivity contribution is 0.414. The third-order valence-corrected chi connectivity index (χ3v) is 5.48. The Bertz CT molecular complexity index is 1200. The highest BCUT2D eigenvalue weighted by atomic mass is 32.2. The Labute approximate surface area is 165 Å². The molecule has 0 fully saturated rings. The van der Waals surface area contributed by atoms with Crippen molar-refractivity contribution < 1.29 is 13.6 Å². The zero-order valence-electron chi connectivity index (χ0n) is 15.7. The van der Waals surface area contributed by atoms with Gasteiger partial charge < -0.3 is 13.6 Å². The number of aryl methyl sites for hydroxylation is 2. The molecule has 6 nitrogen and oxygen atoms in total. The Morgan fingerprint density at radius 1 is 1.04 bits per heavy atom. The van der Waals surface area contributed by atoms with Crippen molar-refractivity contribution in [3.8, 4) is 17.2 Å². The Morgan fingerprint density at radius 2 is 1.82 bits per heavy atom. The van der Waals surface area contributed by atoms with Crippen LogP contribution in [0.15, 0.2) is 61.3 Å². The molecule has 0 radical (unpaired) electrons. The fourth-order valence-electron chi connectivity index (χ4n) is 2.90. The van der Waals surface area contributed by atoms with Crippen LogP contribution in [0.25, 0.3) is 22.4 Å². The lowest BCUT2D eigenvalue weighted by Crippen LogP contribution is -2.01. The predicted molar refractivity (Wildman–Crippen MR) is 108 cm³/mol. The Kier molecular flexibility index (Phi) is 4.92. The quantitative estimate of drug-likeness (QED) is 0.357. The van der Waals surface area contributed by atoms with Crippen LogP contribution in [0.5, 0.6) is 5.75 Å². The number of nitrogens with zero attached hydrogens (tertiary/aromatic N) is 2. The van der Waals surface area contributed by atoms with E-state index in [1.165, 1.54) is 17.8 Å². The van der Waals surface area contributed by atoms with Crippen LogP contribution in [0, 0.1) is 13.8 Å². The van der Waals surface area contributed by atoms with Gasteiger partial charge >= 0.3 is 5.63 Å². The molecule has 4 rings (SSSR count). The van der Waals surface area contributed by atoms with E-state index in [9.17, 15) is 4.79 Å². The van der Waals surface area contributed by atoms with Crippen LogP contribution in [0.1, 0.15) is 16.7 Å². The lowest BCUT2D eigenvalue weighted by Gasteiger charge is -2.07. The number of ether oxygens (including phenoxy) is 1. The van der Waals surface area contributed by atoms with E-state index in [1.54, 1.807) is 7.11 Å². The maximum atomic E-state index is 12.0. The maximum Gasteiger partial charge on any atom is 0.336 e. The molecule has 4 aromatic rings. The summed E-state index contributed by atoms with van der Waals surface area (Å²) in [4.78, 5) is 12.0. The minimum absolute atomic E-state index is 0.360. The minimum Gasteiger partial charge on any atom is -0.497 e. The smallest absolute Gasteiger partial charge is 0.336 e. The summed E-state index contributed by atoms with van der Waals surface area (Å²) in [6, 6.07) is 12.9. The van der Waals surface area contributed by atoms with Gasteiger partial charge in [0.05, 0.1) is 7.11 Å². The van der Waals surface area contributed by atoms with E-state index in [4.69, 9.17) is 13.6 Å². The summed E-state index contributed by atoms with van der Waals surface area (Å²) in [5, 5.41) is 9.56. The second-order valence-electron chi connectivity index (χ2n) is 6.37. The highest BCUT2D eigenvalue weighted by Crippen LogP contribution is 2.30. The molecule has 2 aromatic carbocycles. The Hall–Kier alpha value is -3.06. The minimum atomic E-state index is -0.360. The summed E-state index contributed by atoms with van der Waals surface area (Å²) >= 11 is 1.38. The van der Waals surface area contributed by atoms with E-state index in [0.717, 1.165) is 33.4 Å². The predicted octanol–water partition coefficient (Wildman–Crippen LogP) is 4.76. The van der Waals surface area contributed by atoms with Crippen LogP contribution in [-0.4, -0.2) is 17.3 Å². The summed E-state index contributed by atoms with van der Waals surface area (Å²) in [5.74, 6) is 1.72. The first-order chi connectivity index (χ1) is 13.5. The first kappa shape index (κ1) is 18.3. The maximum absolute atomic E-state index is 12.0. The number of rotatable bonds is 5. The van der Waals surface area contributed by atoms with Gasteiger partial charge in [-0.15, -0.1) is 10.2 Å². The van der Waals surface area contributed by atoms with Crippen LogP contribution in [0.4, 0.5) is 0 Å². The van der Waals surface area contributed by atoms with Crippen LogP contribution < -0.4 is 10.4 Å². The van der Waals surface area contributed by atoms with E-state index in [2.05, 4.69) is 10.2 Å². The molecule has 0 aliphatic rings. The highest BCUT2D eigenvalue weighted by molar-refractivity contribution is 7.98. The monoisotopic (exact) mass is 394 g/mol. The van der Waals surface area contributed by atoms with Crippen LogP contribution in [0.3, 0.4) is 0 Å². The number of methoxy groups -OCH3 is 1. The molecule has 0 unspecified atom stereocenters. The summed E-state index contributed by atoms with van der Waals surface area (Å²) in [5.41, 5.74) is 4.02. The number of benzene rings is 2. The molecule has 2 heterocycles. The van der Waals surface area contributed by atoms with Crippen molar-refractivity contribution in [2.75, 3.05) is 7.11 Å². The summed E-state index contributed by atoms with van der Waals surface area (Å²) in [7, 11) is 1.62. The molecule has 7 heteroatoms. The topological polar surface area (TPSA) is 78.4 Å². The van der Waals surface area contributed by atoms with Crippen molar-refractivity contribution in [2.45, 2.75) is 24.8 Å². The van der Waals surface area contributed by atoms with Gasteiger partial charge in [-0.3, -0.25) is 0 Å². The fraction of sp³-hybridized carbons (Fsp3) is 0.190. The van der Waals surface area contributed by atoms with Gasteiger partial charge in [-0.25, -0.2) is 4.79 Å².